The van der Waals surface area contributed by atoms with E-state index in [9.17, 15) is 4.79 Å². The number of hydrogen-bond acceptors (Lipinski definition) is 5. The normalized spacial score (nSPS) is 11.3. The van der Waals surface area contributed by atoms with Gasteiger partial charge in [0.25, 0.3) is 0 Å². The summed E-state index contributed by atoms with van der Waals surface area (Å²) in [6, 6.07) is 10.1. The molecule has 0 atom stereocenters. The van der Waals surface area contributed by atoms with Gasteiger partial charge in [0, 0.05) is 18.0 Å². The van der Waals surface area contributed by atoms with Crippen LogP contribution in [0.5, 0.6) is 5.88 Å². The first kappa shape index (κ1) is 18.7. The van der Waals surface area contributed by atoms with Gasteiger partial charge in [0.1, 0.15) is 5.82 Å². The smallest absolute Gasteiger partial charge is 0.391 e. The lowest BCUT2D eigenvalue weighted by Gasteiger charge is -2.18. The molecule has 7 heteroatoms. The fourth-order valence-electron chi connectivity index (χ4n) is 2.98. The Balaban J connectivity index is 2.26. The van der Waals surface area contributed by atoms with E-state index in [1.807, 2.05) is 44.2 Å². The van der Waals surface area contributed by atoms with Crippen LogP contribution in [0.1, 0.15) is 50.3 Å². The number of rotatable bonds is 6. The topological polar surface area (TPSA) is 94.5 Å². The number of hydrogen-bond donors (Lipinski definition) is 2. The van der Waals surface area contributed by atoms with Crippen molar-refractivity contribution < 1.29 is 9.53 Å². The summed E-state index contributed by atoms with van der Waals surface area (Å²) in [4.78, 5) is 16.4. The number of anilines is 1. The third-order valence-corrected chi connectivity index (χ3v) is 4.19. The Bertz CT molecular complexity index is 948. The second-order valence-electron chi connectivity index (χ2n) is 7.12. The number of ether oxygens (including phenoxy) is 1. The van der Waals surface area contributed by atoms with Crippen molar-refractivity contribution in [2.45, 2.75) is 46.1 Å². The second-order valence-corrected chi connectivity index (χ2v) is 7.12. The quantitative estimate of drug-likeness (QED) is 0.692. The molecule has 1 aromatic carbocycles. The number of fused-ring (bicyclic) bond motifs is 1. The monoisotopic (exact) mass is 367 g/mol. The van der Waals surface area contributed by atoms with Crippen LogP contribution in [0.25, 0.3) is 5.65 Å². The predicted octanol–water partition coefficient (Wildman–Crippen LogP) is 3.72. The van der Waals surface area contributed by atoms with Crippen molar-refractivity contribution in [1.29, 1.82) is 0 Å². The molecule has 0 saturated heterocycles. The van der Waals surface area contributed by atoms with Crippen LogP contribution in [-0.4, -0.2) is 26.7 Å². The Morgan fingerprint density at radius 2 is 1.93 bits per heavy atom. The zero-order valence-electron chi connectivity index (χ0n) is 16.1. The molecule has 0 radical (unpaired) electrons. The summed E-state index contributed by atoms with van der Waals surface area (Å²) in [6.45, 7) is 8.21. The van der Waals surface area contributed by atoms with Gasteiger partial charge in [-0.1, -0.05) is 44.2 Å². The van der Waals surface area contributed by atoms with Gasteiger partial charge in [0.05, 0.1) is 11.8 Å². The first-order valence-electron chi connectivity index (χ1n) is 9.05. The van der Waals surface area contributed by atoms with Gasteiger partial charge in [0.2, 0.25) is 5.88 Å². The summed E-state index contributed by atoms with van der Waals surface area (Å²) in [5.74, 6) is 1.19. The highest BCUT2D eigenvalue weighted by atomic mass is 16.6. The Morgan fingerprint density at radius 3 is 2.52 bits per heavy atom. The molecule has 27 heavy (non-hydrogen) atoms. The Labute approximate surface area is 158 Å². The molecular formula is C20H25N5O2. The number of benzene rings is 1. The molecule has 0 unspecified atom stereocenters. The Morgan fingerprint density at radius 1 is 1.22 bits per heavy atom. The first-order chi connectivity index (χ1) is 12.9. The number of aromatic nitrogens is 3. The highest BCUT2D eigenvalue weighted by molar-refractivity contribution is 5.71. The van der Waals surface area contributed by atoms with Crippen LogP contribution in [0, 0.1) is 0 Å². The van der Waals surface area contributed by atoms with Crippen LogP contribution in [-0.2, 0) is 6.42 Å². The maximum absolute atomic E-state index is 11.6. The van der Waals surface area contributed by atoms with Gasteiger partial charge in [0.15, 0.2) is 5.65 Å². The lowest BCUT2D eigenvalue weighted by Crippen LogP contribution is -2.22. The van der Waals surface area contributed by atoms with Crippen molar-refractivity contribution >= 4 is 17.6 Å². The molecule has 0 aliphatic carbocycles. The van der Waals surface area contributed by atoms with E-state index >= 15 is 0 Å². The van der Waals surface area contributed by atoms with Gasteiger partial charge in [-0.05, 0) is 25.3 Å². The summed E-state index contributed by atoms with van der Waals surface area (Å²) in [5, 5.41) is 7.78. The minimum atomic E-state index is -0.881. The zero-order valence-corrected chi connectivity index (χ0v) is 16.1. The van der Waals surface area contributed by atoms with E-state index in [0.29, 0.717) is 23.8 Å². The van der Waals surface area contributed by atoms with Crippen molar-refractivity contribution in [3.63, 3.8) is 0 Å². The lowest BCUT2D eigenvalue weighted by molar-refractivity contribution is 0.207. The lowest BCUT2D eigenvalue weighted by atomic mass is 10.1. The fourth-order valence-corrected chi connectivity index (χ4v) is 2.98. The molecule has 3 rings (SSSR count). The number of carbonyl (C=O) groups is 1. The van der Waals surface area contributed by atoms with Crippen molar-refractivity contribution in [3.05, 3.63) is 53.2 Å². The van der Waals surface area contributed by atoms with Crippen molar-refractivity contribution in [3.8, 4) is 5.88 Å². The summed E-state index contributed by atoms with van der Waals surface area (Å²) in [7, 11) is 0. The molecule has 2 heterocycles. The minimum Gasteiger partial charge on any atom is -0.391 e. The van der Waals surface area contributed by atoms with Crippen LogP contribution in [0.4, 0.5) is 10.6 Å². The Hall–Kier alpha value is -3.09. The summed E-state index contributed by atoms with van der Waals surface area (Å²) < 4.78 is 6.96. The van der Waals surface area contributed by atoms with E-state index in [2.05, 4.69) is 24.3 Å². The molecule has 2 aromatic heterocycles. The number of nitrogens with one attached hydrogen (secondary N) is 1. The fraction of sp³-hybridized carbons (Fsp3) is 0.350. The number of amides is 1. The zero-order chi connectivity index (χ0) is 19.6. The van der Waals surface area contributed by atoms with E-state index in [1.165, 1.54) is 0 Å². The molecule has 0 bridgehead atoms. The second kappa shape index (κ2) is 7.65. The SMILES string of the molecule is CC(C)Nc1nc2c(C(C)C)cnn2c(OC(N)=O)c1Cc1ccccc1. The van der Waals surface area contributed by atoms with Crippen LogP contribution >= 0.6 is 0 Å². The third-order valence-electron chi connectivity index (χ3n) is 4.19. The largest absolute Gasteiger partial charge is 0.411 e. The highest BCUT2D eigenvalue weighted by Gasteiger charge is 2.23. The Kier molecular flexibility index (Phi) is 5.30. The van der Waals surface area contributed by atoms with E-state index < -0.39 is 6.09 Å². The van der Waals surface area contributed by atoms with Crippen LogP contribution < -0.4 is 15.8 Å². The molecule has 0 aliphatic heterocycles. The molecule has 1 amide bonds. The van der Waals surface area contributed by atoms with E-state index in [-0.39, 0.29) is 12.0 Å². The molecule has 0 saturated carbocycles. The summed E-state index contributed by atoms with van der Waals surface area (Å²) in [5.41, 5.74) is 8.78. The number of nitrogens with zero attached hydrogens (tertiary/aromatic N) is 3. The van der Waals surface area contributed by atoms with Gasteiger partial charge in [-0.15, -0.1) is 0 Å². The van der Waals surface area contributed by atoms with Gasteiger partial charge in [-0.2, -0.15) is 9.61 Å². The standard InChI is InChI=1S/C20H25N5O2/c1-12(2)16-11-22-25-18(16)24-17(23-13(3)4)15(19(25)27-20(21)26)10-14-8-6-5-7-9-14/h5-9,11-13H,10H2,1-4H3,(H2,21,26)(H,23,24). The van der Waals surface area contributed by atoms with Crippen LogP contribution in [0.15, 0.2) is 36.5 Å². The van der Waals surface area contributed by atoms with Crippen LogP contribution in [0.3, 0.4) is 0 Å². The number of nitrogens with two attached hydrogens (primary N) is 1. The van der Waals surface area contributed by atoms with Gasteiger partial charge in [-0.25, -0.2) is 9.78 Å². The molecule has 3 N–H and O–H groups in total. The number of primary amides is 1. The molecule has 0 aliphatic rings. The molecule has 142 valence electrons. The summed E-state index contributed by atoms with van der Waals surface area (Å²) >= 11 is 0. The highest BCUT2D eigenvalue weighted by Crippen LogP contribution is 2.32. The average Bonchev–Trinajstić information content (AvgIpc) is 3.01. The van der Waals surface area contributed by atoms with E-state index in [1.54, 1.807) is 10.7 Å². The van der Waals surface area contributed by atoms with E-state index in [4.69, 9.17) is 15.5 Å². The number of carbonyl (C=O) groups excluding carboxylic acids is 1. The maximum atomic E-state index is 11.6. The summed E-state index contributed by atoms with van der Waals surface area (Å²) in [6.07, 6.45) is 1.40. The molecule has 0 fully saturated rings. The van der Waals surface area contributed by atoms with Crippen molar-refractivity contribution in [1.82, 2.24) is 14.6 Å². The maximum Gasteiger partial charge on any atom is 0.411 e. The van der Waals surface area contributed by atoms with Gasteiger partial charge in [-0.3, -0.25) is 0 Å². The minimum absolute atomic E-state index is 0.154. The van der Waals surface area contributed by atoms with Crippen molar-refractivity contribution in [2.75, 3.05) is 5.32 Å². The average molecular weight is 367 g/mol. The third kappa shape index (κ3) is 4.02. The van der Waals surface area contributed by atoms with E-state index in [0.717, 1.165) is 16.7 Å². The van der Waals surface area contributed by atoms with Gasteiger partial charge < -0.3 is 15.8 Å². The molecule has 0 spiro atoms. The molecule has 7 nitrogen and oxygen atoms in total. The van der Waals surface area contributed by atoms with Crippen LogP contribution in [0.2, 0.25) is 0 Å². The molecular weight excluding hydrogens is 342 g/mol. The van der Waals surface area contributed by atoms with Crippen molar-refractivity contribution in [2.24, 2.45) is 5.73 Å². The first-order valence-corrected chi connectivity index (χ1v) is 9.05. The van der Waals surface area contributed by atoms with Gasteiger partial charge >= 0.3 is 6.09 Å². The predicted molar refractivity (Wildman–Crippen MR) is 105 cm³/mol. The molecule has 3 aromatic rings.